The fraction of sp³-hybridized carbons (Fsp3) is 0.333. The van der Waals surface area contributed by atoms with Crippen LogP contribution in [0.3, 0.4) is 0 Å². The lowest BCUT2D eigenvalue weighted by molar-refractivity contribution is 0.429. The topological polar surface area (TPSA) is 0 Å². The molecule has 0 bridgehead atoms. The standard InChI is InChI=1S/C18H18F4/c1-4-5-6-7-8-12-13(18(12,2)3)9-11-16(21)14(19)10-15(20)17(11)22/h4-8,10,12-13H,1,9H2,2-3H3. The molecular formula is C18H18F4. The summed E-state index contributed by atoms with van der Waals surface area (Å²) in [5, 5.41) is 0. The average Bonchev–Trinajstić information content (AvgIpc) is 2.97. The molecule has 2 unspecified atom stereocenters. The quantitative estimate of drug-likeness (QED) is 0.390. The predicted octanol–water partition coefficient (Wildman–Crippen LogP) is 5.36. The van der Waals surface area contributed by atoms with E-state index in [9.17, 15) is 17.6 Å². The van der Waals surface area contributed by atoms with Crippen LogP contribution >= 0.6 is 0 Å². The van der Waals surface area contributed by atoms with Crippen molar-refractivity contribution in [3.63, 3.8) is 0 Å². The molecule has 0 nitrogen and oxygen atoms in total. The van der Waals surface area contributed by atoms with Crippen molar-refractivity contribution in [3.8, 4) is 0 Å². The van der Waals surface area contributed by atoms with Crippen LogP contribution < -0.4 is 0 Å². The third-order valence-electron chi connectivity index (χ3n) is 4.44. The highest BCUT2D eigenvalue weighted by molar-refractivity contribution is 5.27. The molecule has 1 aromatic rings. The molecular weight excluding hydrogens is 292 g/mol. The summed E-state index contributed by atoms with van der Waals surface area (Å²) in [6.45, 7) is 7.49. The lowest BCUT2D eigenvalue weighted by atomic mass is 10.0. The third-order valence-corrected chi connectivity index (χ3v) is 4.44. The van der Waals surface area contributed by atoms with Crippen molar-refractivity contribution in [1.29, 1.82) is 0 Å². The van der Waals surface area contributed by atoms with Crippen molar-refractivity contribution in [2.24, 2.45) is 17.3 Å². The zero-order chi connectivity index (χ0) is 16.5. The van der Waals surface area contributed by atoms with Crippen molar-refractivity contribution in [3.05, 3.63) is 71.9 Å². The van der Waals surface area contributed by atoms with Gasteiger partial charge in [-0.15, -0.1) is 0 Å². The van der Waals surface area contributed by atoms with Crippen LogP contribution in [0.2, 0.25) is 0 Å². The fourth-order valence-electron chi connectivity index (χ4n) is 2.91. The van der Waals surface area contributed by atoms with Crippen molar-refractivity contribution in [2.75, 3.05) is 0 Å². The van der Waals surface area contributed by atoms with Crippen LogP contribution in [0.5, 0.6) is 0 Å². The number of hydrogen-bond donors (Lipinski definition) is 0. The number of benzene rings is 1. The smallest absolute Gasteiger partial charge is 0.165 e. The molecule has 0 aliphatic heterocycles. The third kappa shape index (κ3) is 3.01. The van der Waals surface area contributed by atoms with Crippen LogP contribution in [0.15, 0.2) is 43.0 Å². The van der Waals surface area contributed by atoms with Gasteiger partial charge in [0.1, 0.15) is 0 Å². The van der Waals surface area contributed by atoms with E-state index in [4.69, 9.17) is 0 Å². The fourth-order valence-corrected chi connectivity index (χ4v) is 2.91. The van der Waals surface area contributed by atoms with E-state index in [1.54, 1.807) is 12.2 Å². The minimum atomic E-state index is -1.35. The molecule has 1 saturated carbocycles. The largest absolute Gasteiger partial charge is 0.204 e. The van der Waals surface area contributed by atoms with Gasteiger partial charge in [0.25, 0.3) is 0 Å². The van der Waals surface area contributed by atoms with Crippen molar-refractivity contribution >= 4 is 0 Å². The molecule has 0 heterocycles. The van der Waals surface area contributed by atoms with Crippen molar-refractivity contribution < 1.29 is 17.6 Å². The molecule has 2 atom stereocenters. The lowest BCUT2D eigenvalue weighted by Gasteiger charge is -2.07. The highest BCUT2D eigenvalue weighted by Gasteiger charge is 2.55. The summed E-state index contributed by atoms with van der Waals surface area (Å²) in [5.74, 6) is -5.26. The van der Waals surface area contributed by atoms with E-state index in [1.807, 2.05) is 32.1 Å². The minimum Gasteiger partial charge on any atom is -0.204 e. The zero-order valence-corrected chi connectivity index (χ0v) is 12.5. The molecule has 4 heteroatoms. The first-order valence-corrected chi connectivity index (χ1v) is 7.08. The molecule has 1 aliphatic carbocycles. The molecule has 1 fully saturated rings. The van der Waals surface area contributed by atoms with Gasteiger partial charge in [-0.1, -0.05) is 50.8 Å². The number of hydrogen-bond acceptors (Lipinski definition) is 0. The van der Waals surface area contributed by atoms with E-state index in [0.717, 1.165) is 0 Å². The Morgan fingerprint density at radius 2 is 1.64 bits per heavy atom. The van der Waals surface area contributed by atoms with E-state index >= 15 is 0 Å². The van der Waals surface area contributed by atoms with Crippen LogP contribution in [-0.4, -0.2) is 0 Å². The van der Waals surface area contributed by atoms with Crippen LogP contribution in [0, 0.1) is 40.5 Å². The summed E-state index contributed by atoms with van der Waals surface area (Å²) in [7, 11) is 0. The van der Waals surface area contributed by atoms with Crippen LogP contribution in [-0.2, 0) is 6.42 Å². The molecule has 0 spiro atoms. The summed E-state index contributed by atoms with van der Waals surface area (Å²) in [4.78, 5) is 0. The van der Waals surface area contributed by atoms with Gasteiger partial charge in [0, 0.05) is 11.6 Å². The van der Waals surface area contributed by atoms with Gasteiger partial charge in [0.2, 0.25) is 0 Å². The Balaban J connectivity index is 2.20. The molecule has 0 amide bonds. The zero-order valence-electron chi connectivity index (χ0n) is 12.5. The second-order valence-corrected chi connectivity index (χ2v) is 6.11. The van der Waals surface area contributed by atoms with Crippen LogP contribution in [0.25, 0.3) is 0 Å². The number of halogens is 4. The summed E-state index contributed by atoms with van der Waals surface area (Å²) in [5.41, 5.74) is -0.673. The maximum absolute atomic E-state index is 13.7. The van der Waals surface area contributed by atoms with Gasteiger partial charge in [-0.25, -0.2) is 17.6 Å². The van der Waals surface area contributed by atoms with Gasteiger partial charge >= 0.3 is 0 Å². The average molecular weight is 310 g/mol. The van der Waals surface area contributed by atoms with E-state index < -0.39 is 28.8 Å². The first-order valence-electron chi connectivity index (χ1n) is 7.08. The normalized spacial score (nSPS) is 23.4. The molecule has 1 aromatic carbocycles. The first-order chi connectivity index (χ1) is 10.3. The molecule has 1 aliphatic rings. The first kappa shape index (κ1) is 16.5. The molecule has 0 aromatic heterocycles. The van der Waals surface area contributed by atoms with Gasteiger partial charge in [0.15, 0.2) is 23.3 Å². The summed E-state index contributed by atoms with van der Waals surface area (Å²) in [6.07, 6.45) is 8.96. The Hall–Kier alpha value is -1.84. The maximum atomic E-state index is 13.7. The highest BCUT2D eigenvalue weighted by Crippen LogP contribution is 2.60. The molecule has 0 N–H and O–H groups in total. The number of allylic oxidation sites excluding steroid dienone is 5. The Kier molecular flexibility index (Phi) is 4.59. The second kappa shape index (κ2) is 6.11. The molecule has 2 rings (SSSR count). The van der Waals surface area contributed by atoms with Crippen molar-refractivity contribution in [1.82, 2.24) is 0 Å². The molecule has 0 radical (unpaired) electrons. The predicted molar refractivity (Wildman–Crippen MR) is 79.2 cm³/mol. The van der Waals surface area contributed by atoms with Crippen LogP contribution in [0.4, 0.5) is 17.6 Å². The molecule has 118 valence electrons. The number of rotatable bonds is 5. The Morgan fingerprint density at radius 1 is 1.05 bits per heavy atom. The van der Waals surface area contributed by atoms with Crippen LogP contribution in [0.1, 0.15) is 19.4 Å². The lowest BCUT2D eigenvalue weighted by Crippen LogP contribution is -2.05. The summed E-state index contributed by atoms with van der Waals surface area (Å²) in [6, 6.07) is 0.240. The Labute approximate surface area is 127 Å². The summed E-state index contributed by atoms with van der Waals surface area (Å²) >= 11 is 0. The summed E-state index contributed by atoms with van der Waals surface area (Å²) < 4.78 is 54.0. The minimum absolute atomic E-state index is 0.0282. The van der Waals surface area contributed by atoms with E-state index in [2.05, 4.69) is 6.58 Å². The monoisotopic (exact) mass is 310 g/mol. The molecule has 0 saturated heterocycles. The Morgan fingerprint density at radius 3 is 2.18 bits per heavy atom. The SMILES string of the molecule is C=CC=CC=CC1C(Cc2c(F)c(F)cc(F)c2F)C1(C)C. The highest BCUT2D eigenvalue weighted by atomic mass is 19.2. The molecule has 22 heavy (non-hydrogen) atoms. The van der Waals surface area contributed by atoms with E-state index in [-0.39, 0.29) is 29.7 Å². The van der Waals surface area contributed by atoms with Crippen molar-refractivity contribution in [2.45, 2.75) is 20.3 Å². The second-order valence-electron chi connectivity index (χ2n) is 6.11. The van der Waals surface area contributed by atoms with E-state index in [0.29, 0.717) is 0 Å². The van der Waals surface area contributed by atoms with Gasteiger partial charge < -0.3 is 0 Å². The van der Waals surface area contributed by atoms with E-state index in [1.165, 1.54) is 0 Å². The van der Waals surface area contributed by atoms with Gasteiger partial charge in [-0.05, 0) is 23.7 Å². The van der Waals surface area contributed by atoms with Gasteiger partial charge in [-0.3, -0.25) is 0 Å². The Bertz CT molecular complexity index is 615. The maximum Gasteiger partial charge on any atom is 0.165 e. The van der Waals surface area contributed by atoms with Gasteiger partial charge in [0.05, 0.1) is 0 Å². The van der Waals surface area contributed by atoms with Gasteiger partial charge in [-0.2, -0.15) is 0 Å².